The van der Waals surface area contributed by atoms with E-state index in [1.54, 1.807) is 10.9 Å². The summed E-state index contributed by atoms with van der Waals surface area (Å²) >= 11 is 0. The number of aryl methyl sites for hydroxylation is 1. The lowest BCUT2D eigenvalue weighted by atomic mass is 9.69. The zero-order valence-electron chi connectivity index (χ0n) is 19.3. The molecular formula is C27H32N2O3. The average molecular weight is 433 g/mol. The summed E-state index contributed by atoms with van der Waals surface area (Å²) in [6, 6.07) is 16.4. The molecule has 1 N–H and O–H groups in total. The van der Waals surface area contributed by atoms with E-state index in [0.29, 0.717) is 12.5 Å². The molecule has 1 aliphatic carbocycles. The van der Waals surface area contributed by atoms with Crippen molar-refractivity contribution in [2.24, 2.45) is 7.05 Å². The van der Waals surface area contributed by atoms with Crippen molar-refractivity contribution in [3.63, 3.8) is 0 Å². The third-order valence-electron chi connectivity index (χ3n) is 6.86. The molecule has 0 spiro atoms. The molecule has 0 saturated heterocycles. The predicted octanol–water partition coefficient (Wildman–Crippen LogP) is 5.78. The van der Waals surface area contributed by atoms with Crippen LogP contribution in [0.15, 0.2) is 54.7 Å². The van der Waals surface area contributed by atoms with E-state index in [-0.39, 0.29) is 17.8 Å². The fourth-order valence-electron chi connectivity index (χ4n) is 4.85. The number of ether oxygens (including phenoxy) is 1. The summed E-state index contributed by atoms with van der Waals surface area (Å²) in [5.74, 6) is 0.273. The molecule has 1 unspecified atom stereocenters. The van der Waals surface area contributed by atoms with Gasteiger partial charge in [0, 0.05) is 24.9 Å². The topological polar surface area (TPSA) is 64.3 Å². The fourth-order valence-corrected chi connectivity index (χ4v) is 4.85. The van der Waals surface area contributed by atoms with Gasteiger partial charge in [-0.1, -0.05) is 51.1 Å². The van der Waals surface area contributed by atoms with Gasteiger partial charge >= 0.3 is 5.97 Å². The quantitative estimate of drug-likeness (QED) is 0.514. The zero-order chi connectivity index (χ0) is 22.9. The van der Waals surface area contributed by atoms with Gasteiger partial charge in [-0.2, -0.15) is 5.10 Å². The van der Waals surface area contributed by atoms with Gasteiger partial charge in [-0.15, -0.1) is 0 Å². The van der Waals surface area contributed by atoms with Crippen molar-refractivity contribution < 1.29 is 14.6 Å². The van der Waals surface area contributed by atoms with Crippen molar-refractivity contribution in [3.05, 3.63) is 82.7 Å². The van der Waals surface area contributed by atoms with Crippen LogP contribution < -0.4 is 4.74 Å². The van der Waals surface area contributed by atoms with Gasteiger partial charge in [0.2, 0.25) is 0 Å². The summed E-state index contributed by atoms with van der Waals surface area (Å²) in [6.45, 7) is 7.49. The molecule has 32 heavy (non-hydrogen) atoms. The van der Waals surface area contributed by atoms with Gasteiger partial charge in [-0.3, -0.25) is 9.48 Å². The molecule has 0 bridgehead atoms. The first kappa shape index (κ1) is 22.1. The maximum absolute atomic E-state index is 11.4. The van der Waals surface area contributed by atoms with Gasteiger partial charge < -0.3 is 9.84 Å². The Morgan fingerprint density at radius 2 is 1.97 bits per heavy atom. The molecule has 5 heteroatoms. The first-order valence-electron chi connectivity index (χ1n) is 11.3. The molecule has 3 aromatic rings. The van der Waals surface area contributed by atoms with Crippen LogP contribution >= 0.6 is 0 Å². The second-order valence-corrected chi connectivity index (χ2v) is 9.63. The van der Waals surface area contributed by atoms with E-state index >= 15 is 0 Å². The number of rotatable bonds is 7. The Hall–Kier alpha value is -3.08. The van der Waals surface area contributed by atoms with Crippen LogP contribution in [0, 0.1) is 0 Å². The summed E-state index contributed by atoms with van der Waals surface area (Å²) in [5, 5.41) is 13.6. The molecule has 1 aliphatic rings. The highest BCUT2D eigenvalue weighted by Gasteiger charge is 2.30. The number of hydrogen-bond acceptors (Lipinski definition) is 3. The molecule has 2 atom stereocenters. The van der Waals surface area contributed by atoms with E-state index in [1.165, 1.54) is 29.5 Å². The summed E-state index contributed by atoms with van der Waals surface area (Å²) in [7, 11) is 1.84. The van der Waals surface area contributed by atoms with E-state index in [4.69, 9.17) is 4.74 Å². The molecule has 2 aromatic carbocycles. The van der Waals surface area contributed by atoms with Crippen LogP contribution in [0.1, 0.15) is 79.8 Å². The Morgan fingerprint density at radius 1 is 1.22 bits per heavy atom. The van der Waals surface area contributed by atoms with E-state index < -0.39 is 5.97 Å². The van der Waals surface area contributed by atoms with Gasteiger partial charge in [-0.05, 0) is 64.6 Å². The summed E-state index contributed by atoms with van der Waals surface area (Å²) in [6.07, 6.45) is 4.16. The molecule has 1 heterocycles. The van der Waals surface area contributed by atoms with Crippen LogP contribution in [0.5, 0.6) is 5.75 Å². The molecule has 0 saturated carbocycles. The molecule has 4 rings (SSSR count). The minimum Gasteiger partial charge on any atom is -0.489 e. The number of carboxylic acids is 1. The lowest BCUT2D eigenvalue weighted by molar-refractivity contribution is -0.137. The van der Waals surface area contributed by atoms with Gasteiger partial charge in [0.15, 0.2) is 0 Å². The molecular weight excluding hydrogens is 400 g/mol. The van der Waals surface area contributed by atoms with Crippen molar-refractivity contribution in [1.29, 1.82) is 0 Å². The Morgan fingerprint density at radius 3 is 2.62 bits per heavy atom. The summed E-state index contributed by atoms with van der Waals surface area (Å²) in [4.78, 5) is 11.4. The summed E-state index contributed by atoms with van der Waals surface area (Å²) in [5.41, 5.74) is 6.14. The SMILES string of the molecule is CC1CCC(C)(C)c2ccc(COc3ccc([C@@H](CC(=O)O)c4ccnn4C)cc3)cc21. The largest absolute Gasteiger partial charge is 0.489 e. The van der Waals surface area contributed by atoms with Gasteiger partial charge in [0.05, 0.1) is 6.42 Å². The van der Waals surface area contributed by atoms with E-state index in [0.717, 1.165) is 17.0 Å². The molecule has 0 aliphatic heterocycles. The molecule has 0 radical (unpaired) electrons. The smallest absolute Gasteiger partial charge is 0.304 e. The van der Waals surface area contributed by atoms with Crippen LogP contribution in [0.25, 0.3) is 0 Å². The minimum atomic E-state index is -0.832. The highest BCUT2D eigenvalue weighted by molar-refractivity contribution is 5.69. The third kappa shape index (κ3) is 4.57. The van der Waals surface area contributed by atoms with Crippen LogP contribution in [-0.4, -0.2) is 20.9 Å². The molecule has 1 aromatic heterocycles. The Kier molecular flexibility index (Phi) is 6.09. The van der Waals surface area contributed by atoms with E-state index in [2.05, 4.69) is 44.1 Å². The monoisotopic (exact) mass is 432 g/mol. The van der Waals surface area contributed by atoms with Crippen LogP contribution in [-0.2, 0) is 23.9 Å². The van der Waals surface area contributed by atoms with E-state index in [1.807, 2.05) is 37.4 Å². The lowest BCUT2D eigenvalue weighted by Gasteiger charge is -2.36. The maximum Gasteiger partial charge on any atom is 0.304 e. The van der Waals surface area contributed by atoms with Crippen LogP contribution in [0.3, 0.4) is 0 Å². The van der Waals surface area contributed by atoms with Crippen molar-refractivity contribution in [3.8, 4) is 5.75 Å². The van der Waals surface area contributed by atoms with Gasteiger partial charge in [-0.25, -0.2) is 0 Å². The minimum absolute atomic E-state index is 0.0173. The lowest BCUT2D eigenvalue weighted by Crippen LogP contribution is -2.25. The molecule has 0 fully saturated rings. The van der Waals surface area contributed by atoms with E-state index in [9.17, 15) is 9.90 Å². The van der Waals surface area contributed by atoms with Gasteiger partial charge in [0.1, 0.15) is 12.4 Å². The maximum atomic E-state index is 11.4. The van der Waals surface area contributed by atoms with Crippen molar-refractivity contribution in [1.82, 2.24) is 9.78 Å². The molecule has 0 amide bonds. The standard InChI is InChI=1S/C27H32N2O3/c1-18-11-13-27(2,3)24-10-5-19(15-22(18)24)17-32-21-8-6-20(7-9-21)23(16-26(30)31)25-12-14-28-29(25)4/h5-10,12,14-15,18,23H,11,13,16-17H2,1-4H3,(H,30,31)/t18?,23-/m1/s1. The highest BCUT2D eigenvalue weighted by Crippen LogP contribution is 2.42. The summed E-state index contributed by atoms with van der Waals surface area (Å²) < 4.78 is 7.80. The average Bonchev–Trinajstić information content (AvgIpc) is 3.19. The predicted molar refractivity (Wildman–Crippen MR) is 125 cm³/mol. The number of fused-ring (bicyclic) bond motifs is 1. The molecule has 168 valence electrons. The number of aromatic nitrogens is 2. The zero-order valence-corrected chi connectivity index (χ0v) is 19.3. The highest BCUT2D eigenvalue weighted by atomic mass is 16.5. The Bertz CT molecular complexity index is 1100. The second kappa shape index (κ2) is 8.81. The second-order valence-electron chi connectivity index (χ2n) is 9.63. The first-order valence-corrected chi connectivity index (χ1v) is 11.3. The Balaban J connectivity index is 1.48. The number of hydrogen-bond donors (Lipinski definition) is 1. The van der Waals surface area contributed by atoms with Crippen molar-refractivity contribution in [2.75, 3.05) is 0 Å². The van der Waals surface area contributed by atoms with Crippen molar-refractivity contribution in [2.45, 2.75) is 63.9 Å². The number of carbonyl (C=O) groups is 1. The number of benzene rings is 2. The normalized spacial score (nSPS) is 18.1. The van der Waals surface area contributed by atoms with Crippen molar-refractivity contribution >= 4 is 5.97 Å². The Labute approximate surface area is 190 Å². The van der Waals surface area contributed by atoms with Crippen LogP contribution in [0.2, 0.25) is 0 Å². The third-order valence-corrected chi connectivity index (χ3v) is 6.86. The fraction of sp³-hybridized carbons (Fsp3) is 0.407. The number of carboxylic acid groups (broad SMARTS) is 1. The molecule has 5 nitrogen and oxygen atoms in total. The number of aliphatic carboxylic acids is 1. The first-order chi connectivity index (χ1) is 15.2. The number of nitrogens with zero attached hydrogens (tertiary/aromatic N) is 2. The van der Waals surface area contributed by atoms with Gasteiger partial charge in [0.25, 0.3) is 0 Å². The van der Waals surface area contributed by atoms with Crippen LogP contribution in [0.4, 0.5) is 0 Å².